The number of nitrogen functional groups attached to an aromatic ring is 1. The Balaban J connectivity index is 2.67. The number of carboxylic acids is 1. The normalized spacial score (nSPS) is 12.4. The summed E-state index contributed by atoms with van der Waals surface area (Å²) in [5, 5.41) is 11.5. The van der Waals surface area contributed by atoms with Crippen LogP contribution >= 0.6 is 0 Å². The molecule has 1 rings (SSSR count). The van der Waals surface area contributed by atoms with Gasteiger partial charge in [0.25, 0.3) is 0 Å². The molecule has 0 aliphatic rings. The third-order valence-electron chi connectivity index (χ3n) is 2.07. The fourth-order valence-corrected chi connectivity index (χ4v) is 1.20. The smallest absolute Gasteiger partial charge is 0.321 e. The molecule has 0 radical (unpaired) electrons. The molecular formula is C10H14N2O2. The number of aliphatic carboxylic acids is 1. The summed E-state index contributed by atoms with van der Waals surface area (Å²) in [6.07, 6.45) is 0.464. The maximum atomic E-state index is 10.7. The third-order valence-corrected chi connectivity index (χ3v) is 2.07. The van der Waals surface area contributed by atoms with Crippen LogP contribution in [-0.4, -0.2) is 24.2 Å². The molecule has 76 valence electrons. The van der Waals surface area contributed by atoms with Crippen molar-refractivity contribution in [1.82, 2.24) is 5.32 Å². The number of nitrogens with two attached hydrogens (primary N) is 1. The molecule has 0 fully saturated rings. The molecule has 0 bridgehead atoms. The van der Waals surface area contributed by atoms with Crippen molar-refractivity contribution < 1.29 is 9.90 Å². The average Bonchev–Trinajstić information content (AvgIpc) is 2.16. The minimum atomic E-state index is -0.843. The van der Waals surface area contributed by atoms with Gasteiger partial charge < -0.3 is 16.2 Å². The predicted molar refractivity (Wildman–Crippen MR) is 55.0 cm³/mol. The molecule has 0 aliphatic heterocycles. The van der Waals surface area contributed by atoms with Crippen molar-refractivity contribution in [1.29, 1.82) is 0 Å². The Morgan fingerprint density at radius 3 is 2.50 bits per heavy atom. The summed E-state index contributed by atoms with van der Waals surface area (Å²) in [6.45, 7) is 0. The fourth-order valence-electron chi connectivity index (χ4n) is 1.20. The zero-order chi connectivity index (χ0) is 10.6. The molecule has 0 heterocycles. The van der Waals surface area contributed by atoms with Gasteiger partial charge in [-0.1, -0.05) is 12.1 Å². The molecule has 0 amide bonds. The van der Waals surface area contributed by atoms with E-state index in [1.54, 1.807) is 19.2 Å². The molecule has 1 aromatic carbocycles. The van der Waals surface area contributed by atoms with Gasteiger partial charge in [0, 0.05) is 5.69 Å². The molecule has 0 unspecified atom stereocenters. The van der Waals surface area contributed by atoms with Crippen molar-refractivity contribution in [3.63, 3.8) is 0 Å². The quantitative estimate of drug-likeness (QED) is 0.609. The summed E-state index contributed by atoms with van der Waals surface area (Å²) in [4.78, 5) is 10.7. The lowest BCUT2D eigenvalue weighted by molar-refractivity contribution is -0.139. The van der Waals surface area contributed by atoms with Crippen molar-refractivity contribution in [2.75, 3.05) is 12.8 Å². The first kappa shape index (κ1) is 10.5. The van der Waals surface area contributed by atoms with E-state index in [-0.39, 0.29) is 0 Å². The van der Waals surface area contributed by atoms with Crippen LogP contribution in [0.25, 0.3) is 0 Å². The van der Waals surface area contributed by atoms with E-state index in [0.29, 0.717) is 12.1 Å². The van der Waals surface area contributed by atoms with Gasteiger partial charge in [-0.2, -0.15) is 0 Å². The lowest BCUT2D eigenvalue weighted by Crippen LogP contribution is -2.35. The van der Waals surface area contributed by atoms with E-state index in [1.807, 2.05) is 12.1 Å². The van der Waals surface area contributed by atoms with Crippen LogP contribution in [0.15, 0.2) is 24.3 Å². The predicted octanol–water partition coefficient (Wildman–Crippen LogP) is 0.484. The lowest BCUT2D eigenvalue weighted by atomic mass is 10.1. The van der Waals surface area contributed by atoms with Gasteiger partial charge >= 0.3 is 5.97 Å². The highest BCUT2D eigenvalue weighted by Gasteiger charge is 2.14. The van der Waals surface area contributed by atoms with Crippen LogP contribution in [0.3, 0.4) is 0 Å². The number of carbonyl (C=O) groups is 1. The number of hydrogen-bond donors (Lipinski definition) is 3. The molecule has 14 heavy (non-hydrogen) atoms. The van der Waals surface area contributed by atoms with E-state index in [4.69, 9.17) is 10.8 Å². The summed E-state index contributed by atoms with van der Waals surface area (Å²) < 4.78 is 0. The average molecular weight is 194 g/mol. The maximum Gasteiger partial charge on any atom is 0.321 e. The molecule has 0 aliphatic carbocycles. The first-order valence-corrected chi connectivity index (χ1v) is 4.38. The molecule has 4 nitrogen and oxygen atoms in total. The van der Waals surface area contributed by atoms with Gasteiger partial charge in [0.05, 0.1) is 0 Å². The number of nitrogens with one attached hydrogen (secondary N) is 1. The van der Waals surface area contributed by atoms with E-state index in [9.17, 15) is 4.79 Å². The molecule has 0 saturated carbocycles. The van der Waals surface area contributed by atoms with Gasteiger partial charge in [0.1, 0.15) is 6.04 Å². The van der Waals surface area contributed by atoms with Crippen molar-refractivity contribution in [2.45, 2.75) is 12.5 Å². The second-order valence-electron chi connectivity index (χ2n) is 3.13. The molecule has 1 atom stereocenters. The van der Waals surface area contributed by atoms with E-state index < -0.39 is 12.0 Å². The van der Waals surface area contributed by atoms with Crippen LogP contribution in [0.4, 0.5) is 5.69 Å². The second kappa shape index (κ2) is 4.62. The highest BCUT2D eigenvalue weighted by molar-refractivity contribution is 5.73. The van der Waals surface area contributed by atoms with Gasteiger partial charge in [-0.3, -0.25) is 4.79 Å². The summed E-state index contributed by atoms with van der Waals surface area (Å²) >= 11 is 0. The van der Waals surface area contributed by atoms with Gasteiger partial charge in [-0.15, -0.1) is 0 Å². The largest absolute Gasteiger partial charge is 0.480 e. The standard InChI is InChI=1S/C10H14N2O2/c1-12-9(10(13)14)6-7-2-4-8(11)5-3-7/h2-5,9,12H,6,11H2,1H3,(H,13,14)/t9-/m0/s1. The number of likely N-dealkylation sites (N-methyl/N-ethyl adjacent to an activating group) is 1. The highest BCUT2D eigenvalue weighted by Crippen LogP contribution is 2.07. The fraction of sp³-hybridized carbons (Fsp3) is 0.300. The minimum absolute atomic E-state index is 0.464. The molecular weight excluding hydrogens is 180 g/mol. The Bertz CT molecular complexity index is 308. The van der Waals surface area contributed by atoms with Gasteiger partial charge in [0.2, 0.25) is 0 Å². The Morgan fingerprint density at radius 1 is 1.50 bits per heavy atom. The molecule has 0 spiro atoms. The summed E-state index contributed by atoms with van der Waals surface area (Å²) in [5.41, 5.74) is 7.16. The van der Waals surface area contributed by atoms with E-state index in [0.717, 1.165) is 5.56 Å². The topological polar surface area (TPSA) is 75.3 Å². The number of hydrogen-bond acceptors (Lipinski definition) is 3. The minimum Gasteiger partial charge on any atom is -0.480 e. The van der Waals surface area contributed by atoms with E-state index in [2.05, 4.69) is 5.32 Å². The lowest BCUT2D eigenvalue weighted by Gasteiger charge is -2.10. The first-order chi connectivity index (χ1) is 6.63. The molecule has 0 aromatic heterocycles. The Hall–Kier alpha value is -1.55. The maximum absolute atomic E-state index is 10.7. The Morgan fingerprint density at radius 2 is 2.07 bits per heavy atom. The van der Waals surface area contributed by atoms with Crippen LogP contribution in [0.1, 0.15) is 5.56 Å². The van der Waals surface area contributed by atoms with Crippen molar-refractivity contribution in [2.24, 2.45) is 0 Å². The Labute approximate surface area is 82.7 Å². The number of anilines is 1. The van der Waals surface area contributed by atoms with Gasteiger partial charge in [-0.05, 0) is 31.2 Å². The van der Waals surface area contributed by atoms with Crippen LogP contribution < -0.4 is 11.1 Å². The van der Waals surface area contributed by atoms with Gasteiger partial charge in [0.15, 0.2) is 0 Å². The zero-order valence-corrected chi connectivity index (χ0v) is 8.03. The van der Waals surface area contributed by atoms with Crippen LogP contribution in [0.5, 0.6) is 0 Å². The molecule has 0 saturated heterocycles. The molecule has 4 heteroatoms. The van der Waals surface area contributed by atoms with Crippen LogP contribution in [0, 0.1) is 0 Å². The SMILES string of the molecule is CN[C@@H](Cc1ccc(N)cc1)C(=O)O. The highest BCUT2D eigenvalue weighted by atomic mass is 16.4. The van der Waals surface area contributed by atoms with Crippen LogP contribution in [-0.2, 0) is 11.2 Å². The first-order valence-electron chi connectivity index (χ1n) is 4.38. The Kier molecular flexibility index (Phi) is 3.48. The summed E-state index contributed by atoms with van der Waals surface area (Å²) in [6, 6.07) is 6.66. The zero-order valence-electron chi connectivity index (χ0n) is 8.03. The van der Waals surface area contributed by atoms with Crippen molar-refractivity contribution in [3.8, 4) is 0 Å². The van der Waals surface area contributed by atoms with Crippen molar-refractivity contribution in [3.05, 3.63) is 29.8 Å². The van der Waals surface area contributed by atoms with Gasteiger partial charge in [-0.25, -0.2) is 0 Å². The summed E-state index contributed by atoms with van der Waals surface area (Å²) in [5.74, 6) is -0.843. The van der Waals surface area contributed by atoms with Crippen LogP contribution in [0.2, 0.25) is 0 Å². The summed E-state index contributed by atoms with van der Waals surface area (Å²) in [7, 11) is 1.64. The second-order valence-corrected chi connectivity index (χ2v) is 3.13. The number of benzene rings is 1. The molecule has 4 N–H and O–H groups in total. The third kappa shape index (κ3) is 2.74. The van der Waals surface area contributed by atoms with Crippen molar-refractivity contribution >= 4 is 11.7 Å². The number of rotatable bonds is 4. The van der Waals surface area contributed by atoms with E-state index in [1.165, 1.54) is 0 Å². The van der Waals surface area contributed by atoms with E-state index >= 15 is 0 Å². The number of carboxylic acid groups (broad SMARTS) is 1. The molecule has 1 aromatic rings. The monoisotopic (exact) mass is 194 g/mol.